The summed E-state index contributed by atoms with van der Waals surface area (Å²) in [5, 5.41) is 25.5. The first-order valence-corrected chi connectivity index (χ1v) is 8.52. The van der Waals surface area contributed by atoms with Crippen LogP contribution in [0.4, 0.5) is 0 Å². The lowest BCUT2D eigenvalue weighted by molar-refractivity contribution is -0.123. The molecule has 2 aliphatic rings. The highest BCUT2D eigenvalue weighted by Gasteiger charge is 2.34. The molecule has 128 valence electrons. The first-order chi connectivity index (χ1) is 11.7. The minimum atomic E-state index is -0.507. The molecule has 2 saturated carbocycles. The normalized spacial score (nSPS) is 26.6. The van der Waals surface area contributed by atoms with E-state index in [1.54, 1.807) is 10.9 Å². The van der Waals surface area contributed by atoms with Gasteiger partial charge in [0, 0.05) is 31.1 Å². The fourth-order valence-electron chi connectivity index (χ4n) is 3.45. The van der Waals surface area contributed by atoms with Crippen LogP contribution in [0.15, 0.2) is 24.7 Å². The van der Waals surface area contributed by atoms with Gasteiger partial charge in [0.05, 0.1) is 17.8 Å². The molecule has 1 unspecified atom stereocenters. The Hall–Kier alpha value is -2.22. The van der Waals surface area contributed by atoms with Gasteiger partial charge in [0.2, 0.25) is 5.91 Å². The maximum Gasteiger partial charge on any atom is 0.242 e. The van der Waals surface area contributed by atoms with E-state index >= 15 is 0 Å². The number of carbonyl (C=O) groups excluding carboxylic acids is 1. The van der Waals surface area contributed by atoms with Crippen LogP contribution >= 0.6 is 0 Å². The summed E-state index contributed by atoms with van der Waals surface area (Å²) in [4.78, 5) is 12.2. The molecule has 2 aliphatic carbocycles. The number of aromatic nitrogens is 5. The molecule has 2 heterocycles. The lowest BCUT2D eigenvalue weighted by Gasteiger charge is -2.16. The summed E-state index contributed by atoms with van der Waals surface area (Å²) in [6.07, 6.45) is 8.78. The Kier molecular flexibility index (Phi) is 4.05. The number of carbonyl (C=O) groups is 1. The highest BCUT2D eigenvalue weighted by atomic mass is 16.3. The molecule has 2 fully saturated rings. The predicted molar refractivity (Wildman–Crippen MR) is 84.9 cm³/mol. The number of nitrogens with zero attached hydrogens (tertiary/aromatic N) is 5. The first-order valence-electron chi connectivity index (χ1n) is 8.52. The van der Waals surface area contributed by atoms with Crippen molar-refractivity contribution in [2.45, 2.75) is 56.8 Å². The zero-order valence-electron chi connectivity index (χ0n) is 13.5. The van der Waals surface area contributed by atoms with E-state index in [0.717, 1.165) is 31.5 Å². The van der Waals surface area contributed by atoms with Gasteiger partial charge < -0.3 is 10.4 Å². The number of aliphatic hydroxyl groups excluding tert-OH is 1. The summed E-state index contributed by atoms with van der Waals surface area (Å²) in [5.41, 5.74) is 0.975. The van der Waals surface area contributed by atoms with Crippen molar-refractivity contribution in [1.29, 1.82) is 0 Å². The van der Waals surface area contributed by atoms with Crippen molar-refractivity contribution in [3.8, 4) is 0 Å². The van der Waals surface area contributed by atoms with Crippen molar-refractivity contribution in [1.82, 2.24) is 30.1 Å². The second-order valence-electron chi connectivity index (χ2n) is 6.92. The number of amides is 1. The molecule has 0 aromatic carbocycles. The third kappa shape index (κ3) is 3.48. The second kappa shape index (κ2) is 6.35. The van der Waals surface area contributed by atoms with Crippen molar-refractivity contribution in [2.75, 3.05) is 0 Å². The van der Waals surface area contributed by atoms with E-state index in [9.17, 15) is 9.90 Å². The lowest BCUT2D eigenvalue weighted by Crippen LogP contribution is -2.41. The summed E-state index contributed by atoms with van der Waals surface area (Å²) in [6.45, 7) is 0.914. The maximum absolute atomic E-state index is 12.2. The van der Waals surface area contributed by atoms with E-state index in [-0.39, 0.29) is 18.5 Å². The summed E-state index contributed by atoms with van der Waals surface area (Å²) >= 11 is 0. The number of nitrogens with one attached hydrogen (secondary N) is 1. The number of rotatable bonds is 6. The Labute approximate surface area is 139 Å². The minimum Gasteiger partial charge on any atom is -0.391 e. The molecule has 0 radical (unpaired) electrons. The van der Waals surface area contributed by atoms with E-state index in [2.05, 4.69) is 20.7 Å². The van der Waals surface area contributed by atoms with Crippen molar-refractivity contribution in [3.05, 3.63) is 30.4 Å². The zero-order valence-corrected chi connectivity index (χ0v) is 13.5. The molecule has 0 saturated heterocycles. The van der Waals surface area contributed by atoms with Crippen molar-refractivity contribution in [3.63, 3.8) is 0 Å². The average molecular weight is 330 g/mol. The van der Waals surface area contributed by atoms with Gasteiger partial charge in [-0.3, -0.25) is 9.48 Å². The van der Waals surface area contributed by atoms with Gasteiger partial charge in [-0.2, -0.15) is 5.10 Å². The van der Waals surface area contributed by atoms with Gasteiger partial charge in [-0.25, -0.2) is 4.68 Å². The van der Waals surface area contributed by atoms with Crippen molar-refractivity contribution in [2.24, 2.45) is 5.92 Å². The maximum atomic E-state index is 12.2. The zero-order chi connectivity index (χ0) is 16.5. The van der Waals surface area contributed by atoms with Crippen LogP contribution < -0.4 is 5.32 Å². The summed E-state index contributed by atoms with van der Waals surface area (Å²) < 4.78 is 3.45. The van der Waals surface area contributed by atoms with Gasteiger partial charge in [0.15, 0.2) is 0 Å². The third-order valence-electron chi connectivity index (χ3n) is 4.83. The molecule has 2 N–H and O–H groups in total. The average Bonchev–Trinajstić information content (AvgIpc) is 2.93. The molecule has 8 heteroatoms. The molecule has 2 aromatic rings. The number of hydrogen-bond acceptors (Lipinski definition) is 5. The highest BCUT2D eigenvalue weighted by molar-refractivity contribution is 5.76. The van der Waals surface area contributed by atoms with Gasteiger partial charge in [-0.15, -0.1) is 5.10 Å². The van der Waals surface area contributed by atoms with E-state index < -0.39 is 6.10 Å². The van der Waals surface area contributed by atoms with Crippen LogP contribution in [0.1, 0.15) is 37.3 Å². The Balaban J connectivity index is 1.28. The molecule has 3 atom stereocenters. The molecule has 0 bridgehead atoms. The fraction of sp³-hybridized carbons (Fsp3) is 0.625. The van der Waals surface area contributed by atoms with Crippen LogP contribution in [-0.2, 0) is 17.9 Å². The molecule has 8 nitrogen and oxygen atoms in total. The predicted octanol–water partition coefficient (Wildman–Crippen LogP) is 0.308. The molecule has 2 aromatic heterocycles. The molecular weight excluding hydrogens is 308 g/mol. The molecule has 0 aliphatic heterocycles. The monoisotopic (exact) mass is 330 g/mol. The van der Waals surface area contributed by atoms with Crippen LogP contribution in [0, 0.1) is 5.92 Å². The van der Waals surface area contributed by atoms with Crippen molar-refractivity contribution < 1.29 is 9.90 Å². The van der Waals surface area contributed by atoms with E-state index in [4.69, 9.17) is 0 Å². The van der Waals surface area contributed by atoms with Gasteiger partial charge in [-0.1, -0.05) is 5.21 Å². The van der Waals surface area contributed by atoms with Gasteiger partial charge in [0.25, 0.3) is 0 Å². The van der Waals surface area contributed by atoms with Crippen LogP contribution in [0.2, 0.25) is 0 Å². The van der Waals surface area contributed by atoms with Crippen LogP contribution in [0.5, 0.6) is 0 Å². The highest BCUT2D eigenvalue weighted by Crippen LogP contribution is 2.38. The van der Waals surface area contributed by atoms with E-state index in [1.807, 2.05) is 23.1 Å². The summed E-state index contributed by atoms with van der Waals surface area (Å²) in [5.74, 6) is 0.714. The Morgan fingerprint density at radius 2 is 2.21 bits per heavy atom. The molecule has 0 spiro atoms. The second-order valence-corrected chi connectivity index (χ2v) is 6.92. The number of aliphatic hydroxyl groups is 1. The standard InChI is InChI=1S/C16H22N6O2/c23-15-7-11(8-21-5-1-4-17-21)6-13(15)18-16(24)10-22-9-14(19-20-22)12-2-3-12/h1,4-5,9,11-13,15,23H,2-3,6-8,10H2,(H,18,24)/t11?,13-,15-/m1/s1. The van der Waals surface area contributed by atoms with Crippen LogP contribution in [-0.4, -0.2) is 47.9 Å². The minimum absolute atomic E-state index is 0.133. The molecule has 24 heavy (non-hydrogen) atoms. The quantitative estimate of drug-likeness (QED) is 0.794. The third-order valence-corrected chi connectivity index (χ3v) is 4.83. The van der Waals surface area contributed by atoms with Crippen LogP contribution in [0.25, 0.3) is 0 Å². The smallest absolute Gasteiger partial charge is 0.242 e. The SMILES string of the molecule is O=C(Cn1cc(C2CC2)nn1)N[C@@H]1CC(Cn2cccn2)C[C@H]1O. The summed E-state index contributed by atoms with van der Waals surface area (Å²) in [6, 6.07) is 1.68. The Morgan fingerprint density at radius 1 is 1.33 bits per heavy atom. The van der Waals surface area contributed by atoms with Crippen molar-refractivity contribution >= 4 is 5.91 Å². The fourth-order valence-corrected chi connectivity index (χ4v) is 3.45. The lowest BCUT2D eigenvalue weighted by atomic mass is 10.1. The molecular formula is C16H22N6O2. The molecule has 1 amide bonds. The summed E-state index contributed by atoms with van der Waals surface area (Å²) in [7, 11) is 0. The van der Waals surface area contributed by atoms with Crippen LogP contribution in [0.3, 0.4) is 0 Å². The Bertz CT molecular complexity index is 693. The topological polar surface area (TPSA) is 97.9 Å². The van der Waals surface area contributed by atoms with E-state index in [0.29, 0.717) is 18.3 Å². The first kappa shape index (κ1) is 15.3. The van der Waals surface area contributed by atoms with Gasteiger partial charge in [-0.05, 0) is 37.7 Å². The van der Waals surface area contributed by atoms with Gasteiger partial charge in [0.1, 0.15) is 6.54 Å². The molecule has 4 rings (SSSR count). The van der Waals surface area contributed by atoms with E-state index in [1.165, 1.54) is 0 Å². The Morgan fingerprint density at radius 3 is 2.96 bits per heavy atom. The number of hydrogen-bond donors (Lipinski definition) is 2. The largest absolute Gasteiger partial charge is 0.391 e. The van der Waals surface area contributed by atoms with Gasteiger partial charge >= 0.3 is 0 Å².